The molecule has 1 aliphatic rings. The highest BCUT2D eigenvalue weighted by Gasteiger charge is 2.20. The lowest BCUT2D eigenvalue weighted by molar-refractivity contribution is 0.101. The summed E-state index contributed by atoms with van der Waals surface area (Å²) in [4.78, 5) is 25.6. The number of benzene rings is 2. The number of rotatable bonds is 6. The van der Waals surface area contributed by atoms with Gasteiger partial charge in [0.25, 0.3) is 5.91 Å². The van der Waals surface area contributed by atoms with Gasteiger partial charge in [0, 0.05) is 23.6 Å². The number of nitrogens with zero attached hydrogens (tertiary/aromatic N) is 3. The van der Waals surface area contributed by atoms with Crippen LogP contribution in [0.4, 0.5) is 28.8 Å². The smallest absolute Gasteiger partial charge is 0.259 e. The third-order valence-electron chi connectivity index (χ3n) is 5.06. The van der Waals surface area contributed by atoms with Gasteiger partial charge in [0.15, 0.2) is 11.5 Å². The Kier molecular flexibility index (Phi) is 5.89. The van der Waals surface area contributed by atoms with Crippen molar-refractivity contribution in [2.24, 2.45) is 0 Å². The summed E-state index contributed by atoms with van der Waals surface area (Å²) in [6.45, 7) is 2.89. The maximum absolute atomic E-state index is 12.8. The Balaban J connectivity index is 1.24. The van der Waals surface area contributed by atoms with Gasteiger partial charge in [-0.15, -0.1) is 0 Å². The Bertz CT molecular complexity index is 1330. The third kappa shape index (κ3) is 4.88. The highest BCUT2D eigenvalue weighted by atomic mass is 16.6. The summed E-state index contributed by atoms with van der Waals surface area (Å²) >= 11 is 0. The average molecular weight is 454 g/mol. The Morgan fingerprint density at radius 3 is 2.38 bits per heavy atom. The molecule has 9 heteroatoms. The fraction of sp³-hybridized carbons (Fsp3) is 0.120. The molecular formula is C25H22N6O3. The molecule has 34 heavy (non-hydrogen) atoms. The molecular weight excluding hydrogens is 432 g/mol. The quantitative estimate of drug-likeness (QED) is 0.385. The second kappa shape index (κ2) is 9.45. The molecule has 170 valence electrons. The number of hydrogen-bond acceptors (Lipinski definition) is 8. The van der Waals surface area contributed by atoms with Crippen LogP contribution in [-0.4, -0.2) is 34.1 Å². The fourth-order valence-electron chi connectivity index (χ4n) is 3.47. The molecule has 4 aromatic rings. The highest BCUT2D eigenvalue weighted by molar-refractivity contribution is 6.06. The summed E-state index contributed by atoms with van der Waals surface area (Å²) in [7, 11) is 0. The topological polar surface area (TPSA) is 110 Å². The van der Waals surface area contributed by atoms with E-state index in [9.17, 15) is 4.79 Å². The SMILES string of the molecule is Cc1ccnc(Nc2cc(Nc3ccc(NC(=O)c4cccc5c4OCCO5)cc3)ncn2)c1. The van der Waals surface area contributed by atoms with E-state index in [-0.39, 0.29) is 5.91 Å². The average Bonchev–Trinajstić information content (AvgIpc) is 2.85. The lowest BCUT2D eigenvalue weighted by atomic mass is 10.1. The van der Waals surface area contributed by atoms with Crippen molar-refractivity contribution in [3.05, 3.63) is 84.3 Å². The number of carbonyl (C=O) groups excluding carboxylic acids is 1. The largest absolute Gasteiger partial charge is 0.486 e. The van der Waals surface area contributed by atoms with Gasteiger partial charge >= 0.3 is 0 Å². The van der Waals surface area contributed by atoms with Crippen LogP contribution in [0, 0.1) is 6.92 Å². The number of aromatic nitrogens is 3. The van der Waals surface area contributed by atoms with Gasteiger partial charge in [-0.1, -0.05) is 6.07 Å². The summed E-state index contributed by atoms with van der Waals surface area (Å²) in [6.07, 6.45) is 3.22. The molecule has 0 saturated carbocycles. The van der Waals surface area contributed by atoms with Crippen LogP contribution in [-0.2, 0) is 0 Å². The van der Waals surface area contributed by atoms with Crippen LogP contribution in [0.3, 0.4) is 0 Å². The molecule has 0 unspecified atom stereocenters. The van der Waals surface area contributed by atoms with Crippen LogP contribution in [0.5, 0.6) is 11.5 Å². The Hall–Kier alpha value is -4.66. The monoisotopic (exact) mass is 454 g/mol. The van der Waals surface area contributed by atoms with Crippen LogP contribution in [0.15, 0.2) is 73.2 Å². The lowest BCUT2D eigenvalue weighted by Gasteiger charge is -2.20. The van der Waals surface area contributed by atoms with E-state index in [4.69, 9.17) is 9.47 Å². The lowest BCUT2D eigenvalue weighted by Crippen LogP contribution is -2.20. The molecule has 0 radical (unpaired) electrons. The van der Waals surface area contributed by atoms with Gasteiger partial charge < -0.3 is 25.4 Å². The zero-order valence-corrected chi connectivity index (χ0v) is 18.4. The third-order valence-corrected chi connectivity index (χ3v) is 5.06. The zero-order chi connectivity index (χ0) is 23.3. The van der Waals surface area contributed by atoms with Crippen molar-refractivity contribution in [3.63, 3.8) is 0 Å². The number of nitrogens with one attached hydrogen (secondary N) is 3. The minimum absolute atomic E-state index is 0.265. The first-order valence-corrected chi connectivity index (χ1v) is 10.7. The summed E-state index contributed by atoms with van der Waals surface area (Å²) in [5.74, 6) is 2.74. The molecule has 1 amide bonds. The van der Waals surface area contributed by atoms with E-state index < -0.39 is 0 Å². The van der Waals surface area contributed by atoms with E-state index in [1.165, 1.54) is 6.33 Å². The molecule has 0 spiro atoms. The van der Waals surface area contributed by atoms with Crippen LogP contribution < -0.4 is 25.4 Å². The van der Waals surface area contributed by atoms with Gasteiger partial charge in [-0.3, -0.25) is 4.79 Å². The molecule has 0 aliphatic carbocycles. The van der Waals surface area contributed by atoms with Crippen LogP contribution in [0.2, 0.25) is 0 Å². The first-order chi connectivity index (χ1) is 16.6. The van der Waals surface area contributed by atoms with Gasteiger partial charge in [-0.05, 0) is 61.0 Å². The Morgan fingerprint density at radius 1 is 0.824 bits per heavy atom. The van der Waals surface area contributed by atoms with Crippen molar-refractivity contribution in [1.82, 2.24) is 15.0 Å². The van der Waals surface area contributed by atoms with Crippen molar-refractivity contribution in [2.45, 2.75) is 6.92 Å². The second-order valence-corrected chi connectivity index (χ2v) is 7.62. The van der Waals surface area contributed by atoms with Crippen LogP contribution >= 0.6 is 0 Å². The van der Waals surface area contributed by atoms with Crippen molar-refractivity contribution in [3.8, 4) is 11.5 Å². The molecule has 2 aromatic heterocycles. The van der Waals surface area contributed by atoms with Crippen molar-refractivity contribution < 1.29 is 14.3 Å². The molecule has 0 saturated heterocycles. The number of ether oxygens (including phenoxy) is 2. The van der Waals surface area contributed by atoms with Crippen LogP contribution in [0.1, 0.15) is 15.9 Å². The molecule has 3 heterocycles. The van der Waals surface area contributed by atoms with Crippen molar-refractivity contribution >= 4 is 34.7 Å². The molecule has 5 rings (SSSR count). The van der Waals surface area contributed by atoms with E-state index in [0.29, 0.717) is 53.4 Å². The number of anilines is 5. The predicted octanol–water partition coefficient (Wildman–Crippen LogP) is 4.69. The first kappa shape index (κ1) is 21.2. The van der Waals surface area contributed by atoms with Crippen molar-refractivity contribution in [2.75, 3.05) is 29.2 Å². The molecule has 2 aromatic carbocycles. The second-order valence-electron chi connectivity index (χ2n) is 7.62. The molecule has 0 bridgehead atoms. The molecule has 1 aliphatic heterocycles. The van der Waals surface area contributed by atoms with E-state index >= 15 is 0 Å². The standard InChI is InChI=1S/C25H22N6O3/c1-16-9-10-26-21(13-16)31-23-14-22(27-15-28-23)29-17-5-7-18(8-6-17)30-25(32)19-3-2-4-20-24(19)34-12-11-33-20/h2-10,13-15H,11-12H2,1H3,(H,30,32)(H2,26,27,28,29,31). The van der Waals surface area contributed by atoms with Crippen molar-refractivity contribution in [1.29, 1.82) is 0 Å². The van der Waals surface area contributed by atoms with E-state index in [2.05, 4.69) is 30.9 Å². The predicted molar refractivity (Wildman–Crippen MR) is 129 cm³/mol. The van der Waals surface area contributed by atoms with Gasteiger partial charge in [0.2, 0.25) is 0 Å². The first-order valence-electron chi connectivity index (χ1n) is 10.7. The summed E-state index contributed by atoms with van der Waals surface area (Å²) in [6, 6.07) is 18.3. The van der Waals surface area contributed by atoms with E-state index in [1.54, 1.807) is 30.5 Å². The number of amides is 1. The number of carbonyl (C=O) groups is 1. The van der Waals surface area contributed by atoms with Gasteiger partial charge in [-0.25, -0.2) is 15.0 Å². The van der Waals surface area contributed by atoms with E-state index in [0.717, 1.165) is 11.3 Å². The zero-order valence-electron chi connectivity index (χ0n) is 18.4. The molecule has 9 nitrogen and oxygen atoms in total. The molecule has 0 fully saturated rings. The van der Waals surface area contributed by atoms with Gasteiger partial charge in [0.1, 0.15) is 37.0 Å². The molecule has 3 N–H and O–H groups in total. The number of hydrogen-bond donors (Lipinski definition) is 3. The normalized spacial score (nSPS) is 12.0. The number of pyridine rings is 1. The van der Waals surface area contributed by atoms with Gasteiger partial charge in [-0.2, -0.15) is 0 Å². The fourth-order valence-corrected chi connectivity index (χ4v) is 3.47. The minimum Gasteiger partial charge on any atom is -0.486 e. The maximum Gasteiger partial charge on any atom is 0.259 e. The number of fused-ring (bicyclic) bond motifs is 1. The maximum atomic E-state index is 12.8. The van der Waals surface area contributed by atoms with E-state index in [1.807, 2.05) is 43.3 Å². The minimum atomic E-state index is -0.265. The Morgan fingerprint density at radius 2 is 1.56 bits per heavy atom. The number of aryl methyl sites for hydroxylation is 1. The summed E-state index contributed by atoms with van der Waals surface area (Å²) in [5, 5.41) is 9.30. The summed E-state index contributed by atoms with van der Waals surface area (Å²) in [5.41, 5.74) is 3.00. The molecule has 0 atom stereocenters. The Labute approximate surface area is 196 Å². The number of para-hydroxylation sites is 1. The van der Waals surface area contributed by atoms with Crippen LogP contribution in [0.25, 0.3) is 0 Å². The summed E-state index contributed by atoms with van der Waals surface area (Å²) < 4.78 is 11.2. The highest BCUT2D eigenvalue weighted by Crippen LogP contribution is 2.34. The van der Waals surface area contributed by atoms with Gasteiger partial charge in [0.05, 0.1) is 5.56 Å².